The van der Waals surface area contributed by atoms with Gasteiger partial charge < -0.3 is 15.1 Å². The van der Waals surface area contributed by atoms with Crippen molar-refractivity contribution in [2.24, 2.45) is 0 Å². The maximum absolute atomic E-state index is 12.9. The number of piperazine rings is 1. The van der Waals surface area contributed by atoms with Crippen molar-refractivity contribution in [1.29, 1.82) is 0 Å². The highest BCUT2D eigenvalue weighted by Crippen LogP contribution is 2.20. The number of anilines is 2. The fourth-order valence-corrected chi connectivity index (χ4v) is 5.03. The molecule has 0 bridgehead atoms. The molecule has 1 saturated heterocycles. The SMILES string of the molecule is Cc1cccc(NS(=O)(=O)c2ccc(C)c(C(=O)NCc3ccc(N4CCN(C)CC4)nc3)c2)c1. The van der Waals surface area contributed by atoms with E-state index in [0.717, 1.165) is 43.1 Å². The van der Waals surface area contributed by atoms with Gasteiger partial charge in [0, 0.05) is 50.2 Å². The molecule has 9 heteroatoms. The molecule has 0 saturated carbocycles. The van der Waals surface area contributed by atoms with Crippen LogP contribution in [0.2, 0.25) is 0 Å². The molecule has 1 aliphatic heterocycles. The molecule has 0 aliphatic carbocycles. The number of aryl methyl sites for hydroxylation is 2. The zero-order valence-corrected chi connectivity index (χ0v) is 21.1. The Hall–Kier alpha value is -3.43. The van der Waals surface area contributed by atoms with Gasteiger partial charge in [0.15, 0.2) is 0 Å². The minimum absolute atomic E-state index is 0.0351. The number of nitrogens with one attached hydrogen (secondary N) is 2. The van der Waals surface area contributed by atoms with Crippen molar-refractivity contribution in [2.75, 3.05) is 42.8 Å². The van der Waals surface area contributed by atoms with Gasteiger partial charge in [0.25, 0.3) is 15.9 Å². The molecule has 184 valence electrons. The first-order valence-electron chi connectivity index (χ1n) is 11.6. The van der Waals surface area contributed by atoms with E-state index in [-0.39, 0.29) is 10.8 Å². The number of hydrogen-bond acceptors (Lipinski definition) is 6. The minimum Gasteiger partial charge on any atom is -0.354 e. The van der Waals surface area contributed by atoms with E-state index in [2.05, 4.69) is 31.9 Å². The van der Waals surface area contributed by atoms with Crippen LogP contribution in [0, 0.1) is 13.8 Å². The highest BCUT2D eigenvalue weighted by atomic mass is 32.2. The number of benzene rings is 2. The van der Waals surface area contributed by atoms with Gasteiger partial charge in [-0.05, 0) is 67.9 Å². The summed E-state index contributed by atoms with van der Waals surface area (Å²) in [5, 5.41) is 2.88. The highest BCUT2D eigenvalue weighted by molar-refractivity contribution is 7.92. The number of nitrogens with zero attached hydrogens (tertiary/aromatic N) is 3. The van der Waals surface area contributed by atoms with E-state index in [1.165, 1.54) is 12.1 Å². The summed E-state index contributed by atoms with van der Waals surface area (Å²) < 4.78 is 28.4. The molecule has 0 radical (unpaired) electrons. The normalized spacial score (nSPS) is 14.5. The molecule has 0 unspecified atom stereocenters. The maximum Gasteiger partial charge on any atom is 0.261 e. The molecule has 1 aromatic heterocycles. The van der Waals surface area contributed by atoms with Gasteiger partial charge in [0.05, 0.1) is 4.90 Å². The zero-order valence-electron chi connectivity index (χ0n) is 20.3. The predicted octanol–water partition coefficient (Wildman–Crippen LogP) is 3.18. The Kier molecular flexibility index (Phi) is 7.37. The van der Waals surface area contributed by atoms with Gasteiger partial charge in [-0.15, -0.1) is 0 Å². The van der Waals surface area contributed by atoms with E-state index >= 15 is 0 Å². The van der Waals surface area contributed by atoms with Gasteiger partial charge in [-0.25, -0.2) is 13.4 Å². The van der Waals surface area contributed by atoms with Crippen LogP contribution in [0.5, 0.6) is 0 Å². The molecule has 8 nitrogen and oxygen atoms in total. The topological polar surface area (TPSA) is 94.6 Å². The molecule has 1 amide bonds. The van der Waals surface area contributed by atoms with Crippen LogP contribution in [0.25, 0.3) is 0 Å². The summed E-state index contributed by atoms with van der Waals surface area (Å²) in [6, 6.07) is 15.6. The first kappa shape index (κ1) is 24.7. The summed E-state index contributed by atoms with van der Waals surface area (Å²) >= 11 is 0. The van der Waals surface area contributed by atoms with Gasteiger partial charge >= 0.3 is 0 Å². The lowest BCUT2D eigenvalue weighted by Gasteiger charge is -2.33. The molecular formula is C26H31N5O3S. The third-order valence-corrected chi connectivity index (χ3v) is 7.50. The van der Waals surface area contributed by atoms with Crippen molar-refractivity contribution >= 4 is 27.4 Å². The van der Waals surface area contributed by atoms with Crippen molar-refractivity contribution in [3.63, 3.8) is 0 Å². The van der Waals surface area contributed by atoms with Crippen LogP contribution < -0.4 is 14.9 Å². The number of aromatic nitrogens is 1. The maximum atomic E-state index is 12.9. The Labute approximate surface area is 207 Å². The van der Waals surface area contributed by atoms with Crippen LogP contribution in [0.15, 0.2) is 65.7 Å². The molecule has 4 rings (SSSR count). The lowest BCUT2D eigenvalue weighted by molar-refractivity contribution is 0.0950. The molecule has 1 aliphatic rings. The number of amides is 1. The molecule has 3 aromatic rings. The van der Waals surface area contributed by atoms with Crippen molar-refractivity contribution in [2.45, 2.75) is 25.3 Å². The standard InChI is InChI=1S/C26H31N5O3S/c1-19-5-4-6-22(15-19)29-35(33,34)23-9-7-20(2)24(16-23)26(32)28-18-21-8-10-25(27-17-21)31-13-11-30(3)12-14-31/h4-10,15-17,29H,11-14,18H2,1-3H3,(H,28,32). The average molecular weight is 494 g/mol. The smallest absolute Gasteiger partial charge is 0.261 e. The van der Waals surface area contributed by atoms with Crippen LogP contribution in [0.3, 0.4) is 0 Å². The molecule has 2 N–H and O–H groups in total. The first-order valence-corrected chi connectivity index (χ1v) is 13.1. The first-order chi connectivity index (χ1) is 16.7. The summed E-state index contributed by atoms with van der Waals surface area (Å²) in [4.78, 5) is 22.0. The van der Waals surface area contributed by atoms with Crippen LogP contribution in [0.1, 0.15) is 27.0 Å². The Morgan fingerprint density at radius 1 is 1.00 bits per heavy atom. The van der Waals surface area contributed by atoms with E-state index in [0.29, 0.717) is 23.4 Å². The summed E-state index contributed by atoms with van der Waals surface area (Å²) in [6.45, 7) is 7.87. The lowest BCUT2D eigenvalue weighted by atomic mass is 10.1. The number of pyridine rings is 1. The van der Waals surface area contributed by atoms with E-state index in [4.69, 9.17) is 0 Å². The van der Waals surface area contributed by atoms with Crippen molar-refractivity contribution in [3.8, 4) is 0 Å². The van der Waals surface area contributed by atoms with Gasteiger partial charge in [-0.1, -0.05) is 24.3 Å². The van der Waals surface area contributed by atoms with E-state index < -0.39 is 10.0 Å². The minimum atomic E-state index is -3.84. The van der Waals surface area contributed by atoms with Gasteiger partial charge in [-0.3, -0.25) is 9.52 Å². The van der Waals surface area contributed by atoms with Crippen molar-refractivity contribution < 1.29 is 13.2 Å². The fourth-order valence-electron chi connectivity index (χ4n) is 3.96. The largest absolute Gasteiger partial charge is 0.354 e. The summed E-state index contributed by atoms with van der Waals surface area (Å²) in [7, 11) is -1.72. The average Bonchev–Trinajstić information content (AvgIpc) is 2.83. The molecular weight excluding hydrogens is 462 g/mol. The second kappa shape index (κ2) is 10.5. The monoisotopic (exact) mass is 493 g/mol. The molecule has 35 heavy (non-hydrogen) atoms. The van der Waals surface area contributed by atoms with Crippen LogP contribution in [0.4, 0.5) is 11.5 Å². The van der Waals surface area contributed by atoms with Crippen LogP contribution >= 0.6 is 0 Å². The second-order valence-electron chi connectivity index (χ2n) is 8.95. The number of carbonyl (C=O) groups excluding carboxylic acids is 1. The third kappa shape index (κ3) is 6.17. The molecule has 1 fully saturated rings. The van der Waals surface area contributed by atoms with Crippen LogP contribution in [-0.2, 0) is 16.6 Å². The van der Waals surface area contributed by atoms with E-state index in [1.54, 1.807) is 37.4 Å². The number of likely N-dealkylation sites (N-methyl/N-ethyl adjacent to an activating group) is 1. The Morgan fingerprint density at radius 2 is 1.77 bits per heavy atom. The third-order valence-electron chi connectivity index (χ3n) is 6.12. The van der Waals surface area contributed by atoms with Gasteiger partial charge in [0.1, 0.15) is 5.82 Å². The summed E-state index contributed by atoms with van der Waals surface area (Å²) in [5.41, 5.74) is 3.31. The predicted molar refractivity (Wildman–Crippen MR) is 138 cm³/mol. The van der Waals surface area contributed by atoms with Gasteiger partial charge in [0.2, 0.25) is 0 Å². The Balaban J connectivity index is 1.42. The summed E-state index contributed by atoms with van der Waals surface area (Å²) in [5.74, 6) is 0.598. The fraction of sp³-hybridized carbons (Fsp3) is 0.308. The molecule has 2 heterocycles. The van der Waals surface area contributed by atoms with Crippen molar-refractivity contribution in [3.05, 3.63) is 83.0 Å². The lowest BCUT2D eigenvalue weighted by Crippen LogP contribution is -2.44. The van der Waals surface area contributed by atoms with Gasteiger partial charge in [-0.2, -0.15) is 0 Å². The molecule has 2 aromatic carbocycles. The Morgan fingerprint density at radius 3 is 2.46 bits per heavy atom. The molecule has 0 spiro atoms. The highest BCUT2D eigenvalue weighted by Gasteiger charge is 2.19. The number of sulfonamides is 1. The quantitative estimate of drug-likeness (QED) is 0.525. The molecule has 0 atom stereocenters. The van der Waals surface area contributed by atoms with Crippen LogP contribution in [-0.4, -0.2) is 57.4 Å². The van der Waals surface area contributed by atoms with Crippen molar-refractivity contribution in [1.82, 2.24) is 15.2 Å². The zero-order chi connectivity index (χ0) is 25.0. The number of carbonyl (C=O) groups is 1. The van der Waals surface area contributed by atoms with E-state index in [9.17, 15) is 13.2 Å². The van der Waals surface area contributed by atoms with E-state index in [1.807, 2.05) is 25.1 Å². The summed E-state index contributed by atoms with van der Waals surface area (Å²) in [6.07, 6.45) is 1.77. The number of hydrogen-bond donors (Lipinski definition) is 2. The Bertz CT molecular complexity index is 1300. The number of rotatable bonds is 7. The second-order valence-corrected chi connectivity index (χ2v) is 10.6.